The first kappa shape index (κ1) is 17.2. The van der Waals surface area contributed by atoms with E-state index in [0.29, 0.717) is 28.6 Å². The number of rotatable bonds is 4. The van der Waals surface area contributed by atoms with Gasteiger partial charge in [-0.2, -0.15) is 5.26 Å². The van der Waals surface area contributed by atoms with Gasteiger partial charge in [-0.3, -0.25) is 4.79 Å². The van der Waals surface area contributed by atoms with Crippen LogP contribution in [0.5, 0.6) is 0 Å². The highest BCUT2D eigenvalue weighted by atomic mass is 35.5. The van der Waals surface area contributed by atoms with Gasteiger partial charge in [0.2, 0.25) is 0 Å². The van der Waals surface area contributed by atoms with Gasteiger partial charge >= 0.3 is 0 Å². The van der Waals surface area contributed by atoms with Gasteiger partial charge in [-0.15, -0.1) is 0 Å². The highest BCUT2D eigenvalue weighted by Gasteiger charge is 2.22. The molecule has 1 N–H and O–H groups in total. The van der Waals surface area contributed by atoms with Crippen LogP contribution in [0.15, 0.2) is 42.6 Å². The van der Waals surface area contributed by atoms with Crippen molar-refractivity contribution in [1.29, 1.82) is 5.26 Å². The summed E-state index contributed by atoms with van der Waals surface area (Å²) >= 11 is 5.92. The number of amides is 1. The maximum Gasteiger partial charge on any atom is 0.251 e. The molecule has 0 unspecified atom stereocenters. The van der Waals surface area contributed by atoms with Crippen molar-refractivity contribution < 1.29 is 4.79 Å². The van der Waals surface area contributed by atoms with Crippen molar-refractivity contribution in [2.75, 3.05) is 24.5 Å². The van der Waals surface area contributed by atoms with Crippen LogP contribution in [0, 0.1) is 17.2 Å². The summed E-state index contributed by atoms with van der Waals surface area (Å²) < 4.78 is 0. The summed E-state index contributed by atoms with van der Waals surface area (Å²) in [6.45, 7) is 2.32. The zero-order valence-electron chi connectivity index (χ0n) is 13.8. The molecule has 1 fully saturated rings. The molecular weight excluding hydrogens is 336 g/mol. The first-order valence-electron chi connectivity index (χ1n) is 8.31. The number of anilines is 1. The quantitative estimate of drug-likeness (QED) is 0.915. The molecular formula is C19H19ClN4O. The monoisotopic (exact) mass is 354 g/mol. The van der Waals surface area contributed by atoms with E-state index in [1.807, 2.05) is 0 Å². The maximum absolute atomic E-state index is 12.2. The molecule has 1 aromatic carbocycles. The number of halogens is 1. The maximum atomic E-state index is 12.2. The summed E-state index contributed by atoms with van der Waals surface area (Å²) in [5.74, 6) is 1.08. The summed E-state index contributed by atoms with van der Waals surface area (Å²) in [5, 5.41) is 12.7. The average molecular weight is 355 g/mol. The van der Waals surface area contributed by atoms with E-state index in [1.165, 1.54) is 0 Å². The number of nitrogens with zero attached hydrogens (tertiary/aromatic N) is 3. The number of carbonyl (C=O) groups excluding carboxylic acids is 1. The number of benzene rings is 1. The minimum Gasteiger partial charge on any atom is -0.356 e. The predicted molar refractivity (Wildman–Crippen MR) is 97.7 cm³/mol. The van der Waals surface area contributed by atoms with Crippen LogP contribution in [-0.2, 0) is 0 Å². The van der Waals surface area contributed by atoms with Crippen LogP contribution in [-0.4, -0.2) is 30.5 Å². The first-order chi connectivity index (χ1) is 12.2. The van der Waals surface area contributed by atoms with E-state index in [4.69, 9.17) is 11.6 Å². The van der Waals surface area contributed by atoms with Crippen LogP contribution in [0.4, 0.5) is 5.82 Å². The van der Waals surface area contributed by atoms with Crippen LogP contribution >= 0.6 is 11.6 Å². The van der Waals surface area contributed by atoms with Gasteiger partial charge in [0.1, 0.15) is 11.9 Å². The third-order valence-corrected chi connectivity index (χ3v) is 4.69. The van der Waals surface area contributed by atoms with Crippen molar-refractivity contribution in [1.82, 2.24) is 10.3 Å². The average Bonchev–Trinajstić information content (AvgIpc) is 2.66. The standard InChI is InChI=1S/C19H19ClN4O/c20-17-5-1-3-15(11-17)19(25)23-13-14-6-9-24(10-7-14)18-16(12-21)4-2-8-22-18/h1-5,8,11,14H,6-7,9-10,13H2,(H,23,25). The van der Waals surface area contributed by atoms with E-state index in [-0.39, 0.29) is 5.91 Å². The molecule has 1 aliphatic rings. The minimum absolute atomic E-state index is 0.0959. The number of nitriles is 1. The molecule has 0 bridgehead atoms. The summed E-state index contributed by atoms with van der Waals surface area (Å²) in [4.78, 5) is 18.7. The van der Waals surface area contributed by atoms with Gasteiger partial charge in [0.05, 0.1) is 5.56 Å². The number of nitrogens with one attached hydrogen (secondary N) is 1. The Bertz CT molecular complexity index is 794. The molecule has 0 aliphatic carbocycles. The van der Waals surface area contributed by atoms with E-state index in [2.05, 4.69) is 21.3 Å². The van der Waals surface area contributed by atoms with Crippen LogP contribution in [0.25, 0.3) is 0 Å². The lowest BCUT2D eigenvalue weighted by molar-refractivity contribution is 0.0945. The zero-order chi connectivity index (χ0) is 17.6. The molecule has 6 heteroatoms. The van der Waals surface area contributed by atoms with E-state index in [0.717, 1.165) is 31.7 Å². The van der Waals surface area contributed by atoms with Crippen LogP contribution in [0.3, 0.4) is 0 Å². The van der Waals surface area contributed by atoms with Crippen molar-refractivity contribution in [3.63, 3.8) is 0 Å². The largest absolute Gasteiger partial charge is 0.356 e. The van der Waals surface area contributed by atoms with Crippen molar-refractivity contribution in [3.8, 4) is 6.07 Å². The van der Waals surface area contributed by atoms with Crippen LogP contribution in [0.2, 0.25) is 5.02 Å². The lowest BCUT2D eigenvalue weighted by Crippen LogP contribution is -2.39. The first-order valence-corrected chi connectivity index (χ1v) is 8.69. The van der Waals surface area contributed by atoms with Crippen molar-refractivity contribution >= 4 is 23.3 Å². The molecule has 0 radical (unpaired) electrons. The summed E-state index contributed by atoms with van der Waals surface area (Å²) in [6, 6.07) is 12.7. The van der Waals surface area contributed by atoms with Crippen molar-refractivity contribution in [2.24, 2.45) is 5.92 Å². The van der Waals surface area contributed by atoms with Gasteiger partial charge < -0.3 is 10.2 Å². The molecule has 0 saturated carbocycles. The van der Waals surface area contributed by atoms with Crippen LogP contribution in [0.1, 0.15) is 28.8 Å². The van der Waals surface area contributed by atoms with Gasteiger partial charge in [-0.05, 0) is 49.1 Å². The fourth-order valence-corrected chi connectivity index (χ4v) is 3.24. The summed E-state index contributed by atoms with van der Waals surface area (Å²) in [6.07, 6.45) is 3.63. The third kappa shape index (κ3) is 4.28. The molecule has 1 amide bonds. The second-order valence-corrected chi connectivity index (χ2v) is 6.57. The number of aromatic nitrogens is 1. The lowest BCUT2D eigenvalue weighted by Gasteiger charge is -2.33. The van der Waals surface area contributed by atoms with Gasteiger partial charge in [0.25, 0.3) is 5.91 Å². The number of pyridine rings is 1. The lowest BCUT2D eigenvalue weighted by atomic mass is 9.96. The number of piperidine rings is 1. The summed E-state index contributed by atoms with van der Waals surface area (Å²) in [7, 11) is 0. The molecule has 1 saturated heterocycles. The minimum atomic E-state index is -0.0959. The topological polar surface area (TPSA) is 69.0 Å². The molecule has 5 nitrogen and oxygen atoms in total. The number of hydrogen-bond acceptors (Lipinski definition) is 4. The molecule has 1 aromatic heterocycles. The normalized spacial score (nSPS) is 14.8. The smallest absolute Gasteiger partial charge is 0.251 e. The fourth-order valence-electron chi connectivity index (χ4n) is 3.05. The Kier molecular flexibility index (Phi) is 5.52. The molecule has 3 rings (SSSR count). The Morgan fingerprint density at radius 2 is 2.12 bits per heavy atom. The molecule has 1 aliphatic heterocycles. The van der Waals surface area contributed by atoms with E-state index in [1.54, 1.807) is 42.6 Å². The highest BCUT2D eigenvalue weighted by molar-refractivity contribution is 6.30. The van der Waals surface area contributed by atoms with Crippen molar-refractivity contribution in [2.45, 2.75) is 12.8 Å². The second kappa shape index (κ2) is 8.00. The predicted octanol–water partition coefficient (Wildman–Crippen LogP) is 3.25. The molecule has 25 heavy (non-hydrogen) atoms. The Hall–Kier alpha value is -2.58. The van der Waals surface area contributed by atoms with Gasteiger partial charge in [-0.25, -0.2) is 4.98 Å². The van der Waals surface area contributed by atoms with Gasteiger partial charge in [-0.1, -0.05) is 17.7 Å². The summed E-state index contributed by atoms with van der Waals surface area (Å²) in [5.41, 5.74) is 1.19. The molecule has 0 spiro atoms. The molecule has 128 valence electrons. The molecule has 2 heterocycles. The van der Waals surface area contributed by atoms with E-state index in [9.17, 15) is 10.1 Å². The number of carbonyl (C=O) groups is 1. The second-order valence-electron chi connectivity index (χ2n) is 6.14. The molecule has 0 atom stereocenters. The van der Waals surface area contributed by atoms with E-state index >= 15 is 0 Å². The van der Waals surface area contributed by atoms with Gasteiger partial charge in [0, 0.05) is 36.4 Å². The van der Waals surface area contributed by atoms with E-state index < -0.39 is 0 Å². The Balaban J connectivity index is 1.51. The fraction of sp³-hybridized carbons (Fsp3) is 0.316. The number of hydrogen-bond donors (Lipinski definition) is 1. The third-order valence-electron chi connectivity index (χ3n) is 4.46. The Labute approximate surface area is 152 Å². The zero-order valence-corrected chi connectivity index (χ0v) is 14.5. The van der Waals surface area contributed by atoms with Crippen molar-refractivity contribution in [3.05, 3.63) is 58.7 Å². The Morgan fingerprint density at radius 3 is 2.84 bits per heavy atom. The Morgan fingerprint density at radius 1 is 1.32 bits per heavy atom. The highest BCUT2D eigenvalue weighted by Crippen LogP contribution is 2.23. The van der Waals surface area contributed by atoms with Crippen LogP contribution < -0.4 is 10.2 Å². The molecule has 2 aromatic rings. The van der Waals surface area contributed by atoms with Gasteiger partial charge in [0.15, 0.2) is 0 Å². The SMILES string of the molecule is N#Cc1cccnc1N1CCC(CNC(=O)c2cccc(Cl)c2)CC1.